The first-order valence-corrected chi connectivity index (χ1v) is 4.41. The van der Waals surface area contributed by atoms with E-state index in [-0.39, 0.29) is 0 Å². The number of hydrogen-bond acceptors (Lipinski definition) is 1. The van der Waals surface area contributed by atoms with E-state index in [1.807, 2.05) is 19.9 Å². The summed E-state index contributed by atoms with van der Waals surface area (Å²) in [6, 6.07) is 1.92. The molecule has 0 fully saturated rings. The highest BCUT2D eigenvalue weighted by Crippen LogP contribution is 2.31. The Labute approximate surface area is 79.7 Å². The molecule has 0 aliphatic rings. The van der Waals surface area contributed by atoms with Crippen molar-refractivity contribution in [3.05, 3.63) is 26.7 Å². The monoisotopic (exact) mass is 233 g/mol. The standard InChI is InChI=1S/C8H9BrClN/c1-4-3-6(9)7(10)5(2)8(4)11/h3H,11H2,1-2H3. The maximum atomic E-state index is 5.93. The molecular weight excluding hydrogens is 225 g/mol. The maximum absolute atomic E-state index is 5.93. The molecule has 0 saturated heterocycles. The van der Waals surface area contributed by atoms with Crippen LogP contribution in [-0.4, -0.2) is 0 Å². The summed E-state index contributed by atoms with van der Waals surface area (Å²) in [5.74, 6) is 0. The number of nitrogens with two attached hydrogens (primary N) is 1. The van der Waals surface area contributed by atoms with Gasteiger partial charge in [-0.1, -0.05) is 11.6 Å². The van der Waals surface area contributed by atoms with Gasteiger partial charge in [0.1, 0.15) is 0 Å². The molecular formula is C8H9BrClN. The summed E-state index contributed by atoms with van der Waals surface area (Å²) in [6.07, 6.45) is 0. The Hall–Kier alpha value is -0.210. The second-order valence-electron chi connectivity index (χ2n) is 2.53. The van der Waals surface area contributed by atoms with Gasteiger partial charge in [0.2, 0.25) is 0 Å². The van der Waals surface area contributed by atoms with Crippen LogP contribution in [0.4, 0.5) is 5.69 Å². The van der Waals surface area contributed by atoms with Crippen molar-refractivity contribution < 1.29 is 0 Å². The van der Waals surface area contributed by atoms with Crippen LogP contribution >= 0.6 is 27.5 Å². The molecule has 0 radical (unpaired) electrons. The van der Waals surface area contributed by atoms with Crippen molar-refractivity contribution in [1.29, 1.82) is 0 Å². The van der Waals surface area contributed by atoms with Gasteiger partial charge >= 0.3 is 0 Å². The van der Waals surface area contributed by atoms with Gasteiger partial charge in [0.05, 0.1) is 5.02 Å². The predicted molar refractivity (Wildman–Crippen MR) is 53.0 cm³/mol. The molecule has 0 spiro atoms. The van der Waals surface area contributed by atoms with Crippen LogP contribution in [-0.2, 0) is 0 Å². The van der Waals surface area contributed by atoms with E-state index in [1.54, 1.807) is 0 Å². The van der Waals surface area contributed by atoms with Gasteiger partial charge in [-0.2, -0.15) is 0 Å². The van der Waals surface area contributed by atoms with Crippen molar-refractivity contribution in [2.45, 2.75) is 13.8 Å². The molecule has 3 heteroatoms. The molecule has 1 nitrogen and oxygen atoms in total. The van der Waals surface area contributed by atoms with E-state index < -0.39 is 0 Å². The van der Waals surface area contributed by atoms with Crippen LogP contribution in [0.3, 0.4) is 0 Å². The summed E-state index contributed by atoms with van der Waals surface area (Å²) in [7, 11) is 0. The van der Waals surface area contributed by atoms with Crippen LogP contribution < -0.4 is 5.73 Å². The lowest BCUT2D eigenvalue weighted by molar-refractivity contribution is 1.37. The van der Waals surface area contributed by atoms with Gasteiger partial charge in [-0.05, 0) is 47.0 Å². The van der Waals surface area contributed by atoms with Gasteiger partial charge < -0.3 is 5.73 Å². The normalized spacial score (nSPS) is 10.2. The molecule has 0 unspecified atom stereocenters. The average molecular weight is 235 g/mol. The summed E-state index contributed by atoms with van der Waals surface area (Å²) in [4.78, 5) is 0. The lowest BCUT2D eigenvalue weighted by atomic mass is 10.1. The van der Waals surface area contributed by atoms with Gasteiger partial charge in [-0.25, -0.2) is 0 Å². The Morgan fingerprint density at radius 2 is 2.00 bits per heavy atom. The Bertz CT molecular complexity index is 270. The molecule has 0 saturated carbocycles. The largest absolute Gasteiger partial charge is 0.398 e. The zero-order chi connectivity index (χ0) is 8.59. The topological polar surface area (TPSA) is 26.0 Å². The molecule has 0 aromatic heterocycles. The minimum Gasteiger partial charge on any atom is -0.398 e. The van der Waals surface area contributed by atoms with Crippen LogP contribution in [0, 0.1) is 13.8 Å². The van der Waals surface area contributed by atoms with Crippen LogP contribution in [0.25, 0.3) is 0 Å². The van der Waals surface area contributed by atoms with Crippen LogP contribution in [0.1, 0.15) is 11.1 Å². The quantitative estimate of drug-likeness (QED) is 0.685. The molecule has 1 rings (SSSR count). The van der Waals surface area contributed by atoms with E-state index in [0.717, 1.165) is 21.3 Å². The third-order valence-electron chi connectivity index (χ3n) is 1.71. The van der Waals surface area contributed by atoms with E-state index in [2.05, 4.69) is 15.9 Å². The highest BCUT2D eigenvalue weighted by atomic mass is 79.9. The summed E-state index contributed by atoms with van der Waals surface area (Å²) in [6.45, 7) is 3.87. The molecule has 1 aromatic carbocycles. The fourth-order valence-electron chi connectivity index (χ4n) is 0.924. The van der Waals surface area contributed by atoms with Crippen molar-refractivity contribution in [1.82, 2.24) is 0 Å². The molecule has 0 aliphatic carbocycles. The fourth-order valence-corrected chi connectivity index (χ4v) is 1.72. The van der Waals surface area contributed by atoms with Gasteiger partial charge in [-0.15, -0.1) is 0 Å². The molecule has 11 heavy (non-hydrogen) atoms. The van der Waals surface area contributed by atoms with Crippen molar-refractivity contribution >= 4 is 33.2 Å². The third kappa shape index (κ3) is 1.52. The Balaban J connectivity index is 3.46. The number of nitrogen functional groups attached to an aromatic ring is 1. The summed E-state index contributed by atoms with van der Waals surface area (Å²) < 4.78 is 0.906. The number of hydrogen-bond donors (Lipinski definition) is 1. The lowest BCUT2D eigenvalue weighted by Crippen LogP contribution is -1.94. The predicted octanol–water partition coefficient (Wildman–Crippen LogP) is 3.30. The number of aryl methyl sites for hydroxylation is 1. The Morgan fingerprint density at radius 3 is 2.55 bits per heavy atom. The van der Waals surface area contributed by atoms with Gasteiger partial charge in [-0.3, -0.25) is 0 Å². The summed E-state index contributed by atoms with van der Waals surface area (Å²) >= 11 is 9.27. The zero-order valence-corrected chi connectivity index (χ0v) is 8.75. The second-order valence-corrected chi connectivity index (χ2v) is 3.76. The SMILES string of the molecule is Cc1cc(Br)c(Cl)c(C)c1N. The number of rotatable bonds is 0. The minimum absolute atomic E-state index is 0.702. The van der Waals surface area contributed by atoms with Crippen LogP contribution in [0.5, 0.6) is 0 Å². The summed E-state index contributed by atoms with van der Waals surface area (Å²) in [5, 5.41) is 0.702. The fraction of sp³-hybridized carbons (Fsp3) is 0.250. The molecule has 0 bridgehead atoms. The van der Waals surface area contributed by atoms with E-state index in [1.165, 1.54) is 0 Å². The van der Waals surface area contributed by atoms with Crippen molar-refractivity contribution in [2.24, 2.45) is 0 Å². The van der Waals surface area contributed by atoms with Crippen LogP contribution in [0.15, 0.2) is 10.5 Å². The molecule has 0 heterocycles. The van der Waals surface area contributed by atoms with Gasteiger partial charge in [0, 0.05) is 10.2 Å². The van der Waals surface area contributed by atoms with E-state index in [0.29, 0.717) is 5.02 Å². The molecule has 1 aromatic rings. The minimum atomic E-state index is 0.702. The highest BCUT2D eigenvalue weighted by Gasteiger charge is 2.06. The molecule has 0 atom stereocenters. The first kappa shape index (κ1) is 8.88. The lowest BCUT2D eigenvalue weighted by Gasteiger charge is -2.07. The van der Waals surface area contributed by atoms with E-state index >= 15 is 0 Å². The molecule has 2 N–H and O–H groups in total. The Morgan fingerprint density at radius 1 is 1.45 bits per heavy atom. The number of benzene rings is 1. The molecule has 0 amide bonds. The summed E-state index contributed by atoms with van der Waals surface area (Å²) in [5.41, 5.74) is 8.52. The van der Waals surface area contributed by atoms with Gasteiger partial charge in [0.25, 0.3) is 0 Å². The van der Waals surface area contributed by atoms with Crippen molar-refractivity contribution in [3.8, 4) is 0 Å². The average Bonchev–Trinajstić information content (AvgIpc) is 1.97. The number of halogens is 2. The number of anilines is 1. The third-order valence-corrected chi connectivity index (χ3v) is 3.05. The van der Waals surface area contributed by atoms with Gasteiger partial charge in [0.15, 0.2) is 0 Å². The first-order chi connectivity index (χ1) is 5.04. The highest BCUT2D eigenvalue weighted by molar-refractivity contribution is 9.10. The van der Waals surface area contributed by atoms with Crippen LogP contribution in [0.2, 0.25) is 5.02 Å². The van der Waals surface area contributed by atoms with Crippen molar-refractivity contribution in [3.63, 3.8) is 0 Å². The molecule has 0 aliphatic heterocycles. The smallest absolute Gasteiger partial charge is 0.0597 e. The Kier molecular flexibility index (Phi) is 2.45. The zero-order valence-electron chi connectivity index (χ0n) is 6.41. The van der Waals surface area contributed by atoms with E-state index in [9.17, 15) is 0 Å². The maximum Gasteiger partial charge on any atom is 0.0597 e. The molecule has 60 valence electrons. The van der Waals surface area contributed by atoms with Crippen molar-refractivity contribution in [2.75, 3.05) is 5.73 Å². The second kappa shape index (κ2) is 3.03. The first-order valence-electron chi connectivity index (χ1n) is 3.24. The van der Waals surface area contributed by atoms with E-state index in [4.69, 9.17) is 17.3 Å².